The van der Waals surface area contributed by atoms with Crippen molar-refractivity contribution in [2.75, 3.05) is 11.9 Å². The fourth-order valence-corrected chi connectivity index (χ4v) is 2.34. The van der Waals surface area contributed by atoms with Gasteiger partial charge in [0.15, 0.2) is 0 Å². The van der Waals surface area contributed by atoms with E-state index in [1.807, 2.05) is 42.6 Å². The van der Waals surface area contributed by atoms with E-state index in [-0.39, 0.29) is 0 Å². The molecule has 0 fully saturated rings. The fraction of sp³-hybridized carbons (Fsp3) is 0.118. The van der Waals surface area contributed by atoms with Crippen molar-refractivity contribution < 1.29 is 5.11 Å². The molecule has 1 atom stereocenters. The summed E-state index contributed by atoms with van der Waals surface area (Å²) in [5.41, 5.74) is 1.82. The molecule has 3 rings (SSSR count). The van der Waals surface area contributed by atoms with Crippen LogP contribution >= 0.6 is 11.6 Å². The van der Waals surface area contributed by atoms with Crippen molar-refractivity contribution in [2.45, 2.75) is 6.10 Å². The van der Waals surface area contributed by atoms with E-state index in [1.165, 1.54) is 0 Å². The number of aromatic nitrogens is 1. The lowest BCUT2D eigenvalue weighted by molar-refractivity contribution is 0.191. The molecule has 0 saturated carbocycles. The smallest absolute Gasteiger partial charge is 0.0962 e. The van der Waals surface area contributed by atoms with Gasteiger partial charge in [-0.25, -0.2) is 0 Å². The lowest BCUT2D eigenvalue weighted by atomic mass is 10.1. The first kappa shape index (κ1) is 13.9. The Morgan fingerprint density at radius 1 is 1.05 bits per heavy atom. The average Bonchev–Trinajstić information content (AvgIpc) is 2.53. The van der Waals surface area contributed by atoms with Crippen LogP contribution in [0.15, 0.2) is 60.9 Å². The van der Waals surface area contributed by atoms with Gasteiger partial charge < -0.3 is 10.4 Å². The van der Waals surface area contributed by atoms with Gasteiger partial charge in [-0.05, 0) is 41.3 Å². The van der Waals surface area contributed by atoms with E-state index in [4.69, 9.17) is 11.6 Å². The lowest BCUT2D eigenvalue weighted by Gasteiger charge is -2.13. The molecular formula is C17H15ClN2O. The highest BCUT2D eigenvalue weighted by atomic mass is 35.5. The topological polar surface area (TPSA) is 45.1 Å². The van der Waals surface area contributed by atoms with Crippen molar-refractivity contribution in [3.63, 3.8) is 0 Å². The Hall–Kier alpha value is -2.10. The molecule has 0 unspecified atom stereocenters. The van der Waals surface area contributed by atoms with E-state index in [0.717, 1.165) is 22.0 Å². The number of benzene rings is 2. The van der Waals surface area contributed by atoms with Crippen LogP contribution in [0, 0.1) is 0 Å². The van der Waals surface area contributed by atoms with Crippen molar-refractivity contribution in [3.8, 4) is 0 Å². The van der Waals surface area contributed by atoms with Gasteiger partial charge in [0.2, 0.25) is 0 Å². The molecule has 3 aromatic rings. The molecule has 0 radical (unpaired) electrons. The first-order valence-corrected chi connectivity index (χ1v) is 7.11. The number of halogens is 1. The summed E-state index contributed by atoms with van der Waals surface area (Å²) in [6.07, 6.45) is 3.03. The number of anilines is 1. The molecule has 3 nitrogen and oxygen atoms in total. The SMILES string of the molecule is O[C@@H](CNc1ccc2cnccc2c1)c1ccc(Cl)cc1. The van der Waals surface area contributed by atoms with Crippen LogP contribution in [0.5, 0.6) is 0 Å². The Bertz CT molecular complexity index is 743. The van der Waals surface area contributed by atoms with Gasteiger partial charge in [0.1, 0.15) is 0 Å². The van der Waals surface area contributed by atoms with Crippen molar-refractivity contribution in [1.29, 1.82) is 0 Å². The molecule has 4 heteroatoms. The third-order valence-corrected chi connectivity index (χ3v) is 3.65. The Morgan fingerprint density at radius 2 is 1.86 bits per heavy atom. The van der Waals surface area contributed by atoms with Crippen molar-refractivity contribution in [3.05, 3.63) is 71.5 Å². The van der Waals surface area contributed by atoms with Gasteiger partial charge in [-0.3, -0.25) is 4.98 Å². The summed E-state index contributed by atoms with van der Waals surface area (Å²) < 4.78 is 0. The van der Waals surface area contributed by atoms with Crippen LogP contribution in [0.2, 0.25) is 5.02 Å². The molecule has 0 aliphatic rings. The summed E-state index contributed by atoms with van der Waals surface area (Å²) in [4.78, 5) is 4.09. The van der Waals surface area contributed by atoms with E-state index in [1.54, 1.807) is 18.3 Å². The predicted octanol–water partition coefficient (Wildman–Crippen LogP) is 4.03. The zero-order chi connectivity index (χ0) is 14.7. The van der Waals surface area contributed by atoms with E-state index in [9.17, 15) is 5.11 Å². The predicted molar refractivity (Wildman–Crippen MR) is 86.6 cm³/mol. The number of nitrogens with one attached hydrogen (secondary N) is 1. The zero-order valence-corrected chi connectivity index (χ0v) is 12.1. The van der Waals surface area contributed by atoms with Crippen LogP contribution in [0.4, 0.5) is 5.69 Å². The molecule has 0 amide bonds. The summed E-state index contributed by atoms with van der Waals surface area (Å²) in [5.74, 6) is 0. The molecule has 0 saturated heterocycles. The van der Waals surface area contributed by atoms with E-state index in [0.29, 0.717) is 11.6 Å². The third-order valence-electron chi connectivity index (χ3n) is 3.39. The molecule has 0 bridgehead atoms. The number of nitrogens with zero attached hydrogens (tertiary/aromatic N) is 1. The lowest BCUT2D eigenvalue weighted by Crippen LogP contribution is -2.11. The van der Waals surface area contributed by atoms with Crippen LogP contribution in [0.25, 0.3) is 10.8 Å². The number of fused-ring (bicyclic) bond motifs is 1. The summed E-state index contributed by atoms with van der Waals surface area (Å²) in [6.45, 7) is 0.443. The van der Waals surface area contributed by atoms with Gasteiger partial charge in [0, 0.05) is 35.0 Å². The standard InChI is InChI=1S/C17H15ClN2O/c18-15-4-1-12(2-5-15)17(21)11-20-16-6-3-14-10-19-8-7-13(14)9-16/h1-10,17,20-21H,11H2/t17-/m0/s1. The molecule has 0 aliphatic heterocycles. The van der Waals surface area contributed by atoms with Gasteiger partial charge in [-0.1, -0.05) is 29.8 Å². The second-order valence-electron chi connectivity index (χ2n) is 4.89. The first-order chi connectivity index (χ1) is 10.2. The second-order valence-corrected chi connectivity index (χ2v) is 5.32. The number of hydrogen-bond acceptors (Lipinski definition) is 3. The number of hydrogen-bond donors (Lipinski definition) is 2. The maximum absolute atomic E-state index is 10.2. The van der Waals surface area contributed by atoms with Crippen LogP contribution in [0.3, 0.4) is 0 Å². The summed E-state index contributed by atoms with van der Waals surface area (Å²) in [7, 11) is 0. The van der Waals surface area contributed by atoms with Gasteiger partial charge >= 0.3 is 0 Å². The molecule has 2 aromatic carbocycles. The maximum atomic E-state index is 10.2. The maximum Gasteiger partial charge on any atom is 0.0962 e. The fourth-order valence-electron chi connectivity index (χ4n) is 2.21. The Morgan fingerprint density at radius 3 is 2.67 bits per heavy atom. The largest absolute Gasteiger partial charge is 0.387 e. The summed E-state index contributed by atoms with van der Waals surface area (Å²) in [6, 6.07) is 15.2. The van der Waals surface area contributed by atoms with Crippen molar-refractivity contribution in [1.82, 2.24) is 4.98 Å². The highest BCUT2D eigenvalue weighted by Gasteiger charge is 2.07. The molecule has 21 heavy (non-hydrogen) atoms. The van der Waals surface area contributed by atoms with Crippen LogP contribution in [-0.4, -0.2) is 16.6 Å². The van der Waals surface area contributed by atoms with E-state index in [2.05, 4.69) is 10.3 Å². The second kappa shape index (κ2) is 6.12. The molecule has 0 spiro atoms. The number of rotatable bonds is 4. The van der Waals surface area contributed by atoms with E-state index >= 15 is 0 Å². The molecule has 106 valence electrons. The normalized spacial score (nSPS) is 12.3. The minimum Gasteiger partial charge on any atom is -0.387 e. The third kappa shape index (κ3) is 3.32. The minimum atomic E-state index is -0.574. The monoisotopic (exact) mass is 298 g/mol. The van der Waals surface area contributed by atoms with Gasteiger partial charge in [0.05, 0.1) is 6.10 Å². The van der Waals surface area contributed by atoms with Crippen LogP contribution in [-0.2, 0) is 0 Å². The quantitative estimate of drug-likeness (QED) is 0.764. The van der Waals surface area contributed by atoms with Crippen LogP contribution < -0.4 is 5.32 Å². The number of aliphatic hydroxyl groups excluding tert-OH is 1. The minimum absolute atomic E-state index is 0.443. The van der Waals surface area contributed by atoms with Gasteiger partial charge in [-0.2, -0.15) is 0 Å². The number of aliphatic hydroxyl groups is 1. The molecule has 1 aromatic heterocycles. The molecule has 0 aliphatic carbocycles. The Balaban J connectivity index is 1.69. The summed E-state index contributed by atoms with van der Waals surface area (Å²) in [5, 5.41) is 16.3. The molecular weight excluding hydrogens is 284 g/mol. The van der Waals surface area contributed by atoms with Crippen molar-refractivity contribution in [2.24, 2.45) is 0 Å². The summed E-state index contributed by atoms with van der Waals surface area (Å²) >= 11 is 5.84. The highest BCUT2D eigenvalue weighted by Crippen LogP contribution is 2.20. The molecule has 2 N–H and O–H groups in total. The Labute approximate surface area is 128 Å². The highest BCUT2D eigenvalue weighted by molar-refractivity contribution is 6.30. The average molecular weight is 299 g/mol. The van der Waals surface area contributed by atoms with Gasteiger partial charge in [-0.15, -0.1) is 0 Å². The molecule has 1 heterocycles. The van der Waals surface area contributed by atoms with Crippen molar-refractivity contribution >= 4 is 28.1 Å². The van der Waals surface area contributed by atoms with Crippen LogP contribution in [0.1, 0.15) is 11.7 Å². The number of pyridine rings is 1. The van der Waals surface area contributed by atoms with Gasteiger partial charge in [0.25, 0.3) is 0 Å². The zero-order valence-electron chi connectivity index (χ0n) is 11.3. The van der Waals surface area contributed by atoms with E-state index < -0.39 is 6.10 Å². The Kier molecular flexibility index (Phi) is 4.04. The first-order valence-electron chi connectivity index (χ1n) is 6.73.